The lowest BCUT2D eigenvalue weighted by Crippen LogP contribution is -2.15. The Balaban J connectivity index is 1.77. The molecule has 0 aliphatic carbocycles. The van der Waals surface area contributed by atoms with Gasteiger partial charge in [-0.3, -0.25) is 9.48 Å². The number of nitrogens with one attached hydrogen (secondary N) is 1. The quantitative estimate of drug-likeness (QED) is 0.831. The first-order valence-electron chi connectivity index (χ1n) is 6.37. The Hall–Kier alpha value is -2.34. The van der Waals surface area contributed by atoms with E-state index in [1.807, 2.05) is 31.3 Å². The zero-order valence-electron chi connectivity index (χ0n) is 11.4. The fraction of sp³-hybridized carbons (Fsp3) is 0.286. The topological polar surface area (TPSA) is 82.2 Å². The predicted octanol–water partition coefficient (Wildman–Crippen LogP) is 1.29. The smallest absolute Gasteiger partial charge is 0.227 e. The summed E-state index contributed by atoms with van der Waals surface area (Å²) in [5.41, 5.74) is 7.29. The van der Waals surface area contributed by atoms with E-state index in [9.17, 15) is 4.79 Å². The molecule has 3 N–H and O–H groups in total. The van der Waals surface area contributed by atoms with Crippen molar-refractivity contribution in [1.82, 2.24) is 9.78 Å². The Bertz CT molecular complexity index is 580. The first-order chi connectivity index (χ1) is 9.67. The number of aromatic nitrogens is 2. The summed E-state index contributed by atoms with van der Waals surface area (Å²) in [4.78, 5) is 11.8. The molecule has 0 bridgehead atoms. The summed E-state index contributed by atoms with van der Waals surface area (Å²) >= 11 is 0. The van der Waals surface area contributed by atoms with Crippen molar-refractivity contribution in [3.63, 3.8) is 0 Å². The molecule has 1 heterocycles. The molecule has 0 fully saturated rings. The number of nitrogens with two attached hydrogens (primary N) is 1. The summed E-state index contributed by atoms with van der Waals surface area (Å²) in [5, 5.41) is 6.79. The highest BCUT2D eigenvalue weighted by atomic mass is 16.5. The Morgan fingerprint density at radius 2 is 2.35 bits per heavy atom. The van der Waals surface area contributed by atoms with Gasteiger partial charge >= 0.3 is 0 Å². The van der Waals surface area contributed by atoms with Crippen LogP contribution in [-0.2, 0) is 18.4 Å². The second-order valence-electron chi connectivity index (χ2n) is 4.40. The van der Waals surface area contributed by atoms with E-state index in [2.05, 4.69) is 10.4 Å². The fourth-order valence-corrected chi connectivity index (χ4v) is 1.73. The molecule has 2 rings (SSSR count). The van der Waals surface area contributed by atoms with Crippen molar-refractivity contribution in [3.05, 3.63) is 42.2 Å². The number of hydrogen-bond donors (Lipinski definition) is 2. The van der Waals surface area contributed by atoms with E-state index >= 15 is 0 Å². The van der Waals surface area contributed by atoms with Crippen LogP contribution in [0.4, 0.5) is 5.69 Å². The van der Waals surface area contributed by atoms with Crippen LogP contribution in [0.1, 0.15) is 12.0 Å². The summed E-state index contributed by atoms with van der Waals surface area (Å²) in [6.45, 7) is 0.766. The Kier molecular flexibility index (Phi) is 4.73. The van der Waals surface area contributed by atoms with E-state index in [4.69, 9.17) is 10.5 Å². The monoisotopic (exact) mass is 274 g/mol. The molecule has 20 heavy (non-hydrogen) atoms. The summed E-state index contributed by atoms with van der Waals surface area (Å²) in [6.07, 6.45) is 3.65. The number of benzene rings is 1. The van der Waals surface area contributed by atoms with E-state index in [-0.39, 0.29) is 12.3 Å². The molecule has 1 aromatic carbocycles. The number of carbonyl (C=O) groups is 1. The minimum absolute atomic E-state index is 0.0944. The highest BCUT2D eigenvalue weighted by Crippen LogP contribution is 2.11. The maximum absolute atomic E-state index is 11.8. The molecule has 0 saturated carbocycles. The average molecular weight is 274 g/mol. The molecule has 0 unspecified atom stereocenters. The highest BCUT2D eigenvalue weighted by molar-refractivity contribution is 5.90. The van der Waals surface area contributed by atoms with Gasteiger partial charge in [-0.05, 0) is 17.7 Å². The molecule has 1 aromatic heterocycles. The van der Waals surface area contributed by atoms with E-state index in [0.29, 0.717) is 18.9 Å². The Morgan fingerprint density at radius 3 is 3.05 bits per heavy atom. The summed E-state index contributed by atoms with van der Waals surface area (Å²) in [6, 6.07) is 7.48. The van der Waals surface area contributed by atoms with Gasteiger partial charge in [-0.1, -0.05) is 12.1 Å². The van der Waals surface area contributed by atoms with E-state index in [1.165, 1.54) is 0 Å². The second-order valence-corrected chi connectivity index (χ2v) is 4.40. The third-order valence-corrected chi connectivity index (χ3v) is 2.73. The first-order valence-corrected chi connectivity index (χ1v) is 6.37. The van der Waals surface area contributed by atoms with Crippen LogP contribution in [0.5, 0.6) is 5.75 Å². The Morgan fingerprint density at radius 1 is 1.50 bits per heavy atom. The Labute approximate surface area is 117 Å². The number of carbonyl (C=O) groups excluding carboxylic acids is 1. The molecule has 0 atom stereocenters. The van der Waals surface area contributed by atoms with Crippen molar-refractivity contribution < 1.29 is 9.53 Å². The average Bonchev–Trinajstić information content (AvgIpc) is 2.84. The van der Waals surface area contributed by atoms with E-state index in [0.717, 1.165) is 11.3 Å². The maximum atomic E-state index is 11.8. The van der Waals surface area contributed by atoms with Crippen molar-refractivity contribution in [3.8, 4) is 5.75 Å². The minimum Gasteiger partial charge on any atom is -0.490 e. The number of amides is 1. The summed E-state index contributed by atoms with van der Waals surface area (Å²) in [7, 11) is 1.81. The lowest BCUT2D eigenvalue weighted by atomic mass is 10.2. The van der Waals surface area contributed by atoms with Gasteiger partial charge in [0.2, 0.25) is 5.91 Å². The second kappa shape index (κ2) is 6.72. The lowest BCUT2D eigenvalue weighted by Gasteiger charge is -2.07. The zero-order valence-corrected chi connectivity index (χ0v) is 11.4. The van der Waals surface area contributed by atoms with Crippen LogP contribution < -0.4 is 15.8 Å². The molecule has 0 aliphatic rings. The van der Waals surface area contributed by atoms with Gasteiger partial charge in [-0.2, -0.15) is 5.10 Å². The molecule has 106 valence electrons. The van der Waals surface area contributed by atoms with Gasteiger partial charge in [0, 0.05) is 19.3 Å². The highest BCUT2D eigenvalue weighted by Gasteiger charge is 2.04. The van der Waals surface area contributed by atoms with Gasteiger partial charge in [-0.25, -0.2) is 0 Å². The minimum atomic E-state index is -0.0944. The van der Waals surface area contributed by atoms with Crippen LogP contribution in [0, 0.1) is 0 Å². The molecule has 6 nitrogen and oxygen atoms in total. The third kappa shape index (κ3) is 4.10. The molecule has 6 heteroatoms. The van der Waals surface area contributed by atoms with Crippen molar-refractivity contribution >= 4 is 11.6 Å². The van der Waals surface area contributed by atoms with Gasteiger partial charge in [0.1, 0.15) is 0 Å². The van der Waals surface area contributed by atoms with Crippen molar-refractivity contribution in [2.24, 2.45) is 12.8 Å². The van der Waals surface area contributed by atoms with E-state index in [1.54, 1.807) is 17.1 Å². The van der Waals surface area contributed by atoms with Crippen molar-refractivity contribution in [2.45, 2.75) is 13.0 Å². The largest absolute Gasteiger partial charge is 0.490 e. The van der Waals surface area contributed by atoms with Gasteiger partial charge in [-0.15, -0.1) is 0 Å². The van der Waals surface area contributed by atoms with Crippen LogP contribution >= 0.6 is 0 Å². The normalized spacial score (nSPS) is 10.3. The molecule has 0 spiro atoms. The number of aryl methyl sites for hydroxylation is 1. The molecular formula is C14H18N4O2. The van der Waals surface area contributed by atoms with Gasteiger partial charge in [0.15, 0.2) is 5.75 Å². The first kappa shape index (κ1) is 14.1. The number of anilines is 1. The van der Waals surface area contributed by atoms with Gasteiger partial charge < -0.3 is 15.8 Å². The standard InChI is InChI=1S/C14H18N4O2/c1-18-10-13(9-16-18)20-6-5-14(19)17-12-4-2-3-11(7-12)8-15/h2-4,7,9-10H,5-6,8,15H2,1H3,(H,17,19). The molecule has 0 saturated heterocycles. The summed E-state index contributed by atoms with van der Waals surface area (Å²) < 4.78 is 7.06. The molecular weight excluding hydrogens is 256 g/mol. The molecule has 2 aromatic rings. The predicted molar refractivity (Wildman–Crippen MR) is 76.3 cm³/mol. The van der Waals surface area contributed by atoms with E-state index < -0.39 is 0 Å². The summed E-state index contributed by atoms with van der Waals surface area (Å²) in [5.74, 6) is 0.563. The van der Waals surface area contributed by atoms with Crippen LogP contribution in [0.2, 0.25) is 0 Å². The van der Waals surface area contributed by atoms with Crippen LogP contribution in [0.3, 0.4) is 0 Å². The van der Waals surface area contributed by atoms with Crippen LogP contribution in [0.15, 0.2) is 36.7 Å². The van der Waals surface area contributed by atoms with Gasteiger partial charge in [0.05, 0.1) is 25.4 Å². The van der Waals surface area contributed by atoms with Crippen molar-refractivity contribution in [2.75, 3.05) is 11.9 Å². The SMILES string of the molecule is Cn1cc(OCCC(=O)Nc2cccc(CN)c2)cn1. The van der Waals surface area contributed by atoms with Crippen molar-refractivity contribution in [1.29, 1.82) is 0 Å². The zero-order chi connectivity index (χ0) is 14.4. The number of ether oxygens (including phenoxy) is 1. The van der Waals surface area contributed by atoms with Crippen LogP contribution in [0.25, 0.3) is 0 Å². The fourth-order valence-electron chi connectivity index (χ4n) is 1.73. The number of nitrogens with zero attached hydrogens (tertiary/aromatic N) is 2. The lowest BCUT2D eigenvalue weighted by molar-refractivity contribution is -0.116. The number of hydrogen-bond acceptors (Lipinski definition) is 4. The maximum Gasteiger partial charge on any atom is 0.227 e. The molecule has 0 radical (unpaired) electrons. The molecule has 0 aliphatic heterocycles. The van der Waals surface area contributed by atoms with Crippen LogP contribution in [-0.4, -0.2) is 22.3 Å². The third-order valence-electron chi connectivity index (χ3n) is 2.73. The van der Waals surface area contributed by atoms with Gasteiger partial charge in [0.25, 0.3) is 0 Å². The molecule has 1 amide bonds. The number of rotatable bonds is 6.